The lowest BCUT2D eigenvalue weighted by Gasteiger charge is -2.26. The number of anilines is 1. The summed E-state index contributed by atoms with van der Waals surface area (Å²) < 4.78 is 5.37. The van der Waals surface area contributed by atoms with Crippen LogP contribution in [0.1, 0.15) is 10.4 Å². The first-order chi connectivity index (χ1) is 14.6. The minimum Gasteiger partial charge on any atom is -0.499 e. The molecule has 0 saturated carbocycles. The molecule has 1 aliphatic heterocycles. The number of allylic oxidation sites excluding steroid dienone is 4. The van der Waals surface area contributed by atoms with Gasteiger partial charge in [-0.2, -0.15) is 0 Å². The monoisotopic (exact) mass is 423 g/mol. The summed E-state index contributed by atoms with van der Waals surface area (Å²) >= 11 is 1.25. The van der Waals surface area contributed by atoms with Gasteiger partial charge in [0.15, 0.2) is 5.06 Å². The fraction of sp³-hybridized carbons (Fsp3) is 0.217. The zero-order chi connectivity index (χ0) is 21.2. The molecule has 2 N–H and O–H groups in total. The first kappa shape index (κ1) is 21.7. The molecule has 0 aliphatic carbocycles. The second-order valence-electron chi connectivity index (χ2n) is 6.69. The summed E-state index contributed by atoms with van der Waals surface area (Å²) in [4.78, 5) is 19.1. The van der Waals surface area contributed by atoms with Crippen LogP contribution in [0.4, 0.5) is 5.69 Å². The number of morpholine rings is 1. The van der Waals surface area contributed by atoms with Gasteiger partial charge in [0.2, 0.25) is 5.91 Å². The molecule has 30 heavy (non-hydrogen) atoms. The highest BCUT2D eigenvalue weighted by molar-refractivity contribution is 7.14. The van der Waals surface area contributed by atoms with E-state index in [1.165, 1.54) is 23.0 Å². The number of hydrogen-bond acceptors (Lipinski definition) is 6. The molecule has 6 nitrogen and oxygen atoms in total. The van der Waals surface area contributed by atoms with Crippen LogP contribution in [0.5, 0.6) is 5.06 Å². The van der Waals surface area contributed by atoms with Crippen molar-refractivity contribution in [2.75, 3.05) is 31.6 Å². The van der Waals surface area contributed by atoms with Crippen LogP contribution in [0.15, 0.2) is 71.9 Å². The number of benzene rings is 1. The van der Waals surface area contributed by atoms with Gasteiger partial charge in [-0.25, -0.2) is 0 Å². The van der Waals surface area contributed by atoms with E-state index in [-0.39, 0.29) is 11.0 Å². The minimum absolute atomic E-state index is 0.216. The standard InChI is InChI=1S/C23H25N3O3S/c1-24-12-11-19(21-9-10-23(28)30-21)3-2-4-22(27)25-20-7-5-18(6-8-20)17-26-13-15-29-16-14-26/h2-12,28H,1,13-17H2,(H,25,27)/b4-2+,12-11-,19-3-. The fourth-order valence-electron chi connectivity index (χ4n) is 2.97. The molecule has 1 amide bonds. The zero-order valence-electron chi connectivity index (χ0n) is 16.7. The summed E-state index contributed by atoms with van der Waals surface area (Å²) in [6.45, 7) is 7.77. The van der Waals surface area contributed by atoms with Crippen molar-refractivity contribution in [1.29, 1.82) is 0 Å². The Hall–Kier alpha value is -3.00. The van der Waals surface area contributed by atoms with Crippen molar-refractivity contribution in [3.8, 4) is 5.06 Å². The van der Waals surface area contributed by atoms with E-state index in [2.05, 4.69) is 21.9 Å². The second-order valence-corrected chi connectivity index (χ2v) is 7.75. The van der Waals surface area contributed by atoms with Crippen molar-refractivity contribution in [1.82, 2.24) is 4.90 Å². The molecule has 0 spiro atoms. The van der Waals surface area contributed by atoms with Crippen LogP contribution in [0, 0.1) is 0 Å². The molecule has 0 bridgehead atoms. The van der Waals surface area contributed by atoms with Crippen molar-refractivity contribution in [3.05, 3.63) is 77.3 Å². The number of nitrogens with zero attached hydrogens (tertiary/aromatic N) is 2. The average molecular weight is 424 g/mol. The number of carbonyl (C=O) groups excluding carboxylic acids is 1. The Balaban J connectivity index is 1.56. The summed E-state index contributed by atoms with van der Waals surface area (Å²) in [6.07, 6.45) is 8.26. The Kier molecular flexibility index (Phi) is 8.14. The molecule has 1 fully saturated rings. The van der Waals surface area contributed by atoms with Crippen molar-refractivity contribution < 1.29 is 14.6 Å². The predicted octanol–water partition coefficient (Wildman–Crippen LogP) is 4.08. The number of thiophene rings is 1. The van der Waals surface area contributed by atoms with Crippen LogP contribution >= 0.6 is 11.3 Å². The van der Waals surface area contributed by atoms with Crippen LogP contribution in [0.2, 0.25) is 0 Å². The lowest BCUT2D eigenvalue weighted by Crippen LogP contribution is -2.35. The number of rotatable bonds is 8. The molecule has 0 unspecified atom stereocenters. The lowest BCUT2D eigenvalue weighted by atomic mass is 10.2. The lowest BCUT2D eigenvalue weighted by molar-refractivity contribution is -0.111. The molecule has 1 saturated heterocycles. The zero-order valence-corrected chi connectivity index (χ0v) is 17.5. The van der Waals surface area contributed by atoms with E-state index >= 15 is 0 Å². The normalized spacial score (nSPS) is 15.7. The molecule has 156 valence electrons. The molecule has 0 radical (unpaired) electrons. The van der Waals surface area contributed by atoms with Gasteiger partial charge in [0, 0.05) is 42.5 Å². The summed E-state index contributed by atoms with van der Waals surface area (Å²) in [5.74, 6) is -0.216. The molecule has 3 rings (SSSR count). The number of aromatic hydroxyl groups is 1. The van der Waals surface area contributed by atoms with Gasteiger partial charge in [-0.15, -0.1) is 0 Å². The van der Waals surface area contributed by atoms with Crippen LogP contribution in [0.3, 0.4) is 0 Å². The number of ether oxygens (including phenoxy) is 1. The van der Waals surface area contributed by atoms with Crippen molar-refractivity contribution in [2.45, 2.75) is 6.54 Å². The van der Waals surface area contributed by atoms with Crippen LogP contribution in [0.25, 0.3) is 5.57 Å². The first-order valence-corrected chi connectivity index (χ1v) is 10.5. The smallest absolute Gasteiger partial charge is 0.248 e. The maximum absolute atomic E-state index is 12.2. The van der Waals surface area contributed by atoms with E-state index < -0.39 is 0 Å². The maximum Gasteiger partial charge on any atom is 0.248 e. The first-order valence-electron chi connectivity index (χ1n) is 9.64. The van der Waals surface area contributed by atoms with Gasteiger partial charge >= 0.3 is 0 Å². The SMILES string of the molecule is C=N\C=C/C(=C/C=C/C(=O)Nc1ccc(CN2CCOCC2)cc1)c1ccc(O)s1. The van der Waals surface area contributed by atoms with Gasteiger partial charge < -0.3 is 15.2 Å². The highest BCUT2D eigenvalue weighted by atomic mass is 32.1. The van der Waals surface area contributed by atoms with Crippen molar-refractivity contribution >= 4 is 35.2 Å². The third-order valence-electron chi connectivity index (χ3n) is 4.49. The summed E-state index contributed by atoms with van der Waals surface area (Å²) in [5, 5.41) is 12.6. The fourth-order valence-corrected chi connectivity index (χ4v) is 3.72. The van der Waals surface area contributed by atoms with E-state index in [1.54, 1.807) is 30.5 Å². The van der Waals surface area contributed by atoms with E-state index in [0.717, 1.165) is 49.0 Å². The highest BCUT2D eigenvalue weighted by Crippen LogP contribution is 2.29. The van der Waals surface area contributed by atoms with Crippen molar-refractivity contribution in [2.24, 2.45) is 4.99 Å². The van der Waals surface area contributed by atoms with Gasteiger partial charge in [0.1, 0.15) is 0 Å². The summed E-state index contributed by atoms with van der Waals surface area (Å²) in [6, 6.07) is 11.3. The molecule has 2 aromatic rings. The highest BCUT2D eigenvalue weighted by Gasteiger charge is 2.10. The third-order valence-corrected chi connectivity index (χ3v) is 5.43. The van der Waals surface area contributed by atoms with E-state index in [9.17, 15) is 9.90 Å². The topological polar surface area (TPSA) is 74.2 Å². The summed E-state index contributed by atoms with van der Waals surface area (Å²) in [5.41, 5.74) is 2.78. The number of nitrogens with one attached hydrogen (secondary N) is 1. The average Bonchev–Trinajstić information content (AvgIpc) is 3.19. The Morgan fingerprint density at radius 3 is 2.63 bits per heavy atom. The maximum atomic E-state index is 12.2. The number of carbonyl (C=O) groups is 1. The van der Waals surface area contributed by atoms with Crippen LogP contribution in [-0.2, 0) is 16.1 Å². The van der Waals surface area contributed by atoms with E-state index in [1.807, 2.05) is 30.3 Å². The van der Waals surface area contributed by atoms with E-state index in [4.69, 9.17) is 4.74 Å². The molecular formula is C23H25N3O3S. The van der Waals surface area contributed by atoms with Gasteiger partial charge in [-0.3, -0.25) is 14.7 Å². The second kappa shape index (κ2) is 11.3. The molecule has 0 atom stereocenters. The minimum atomic E-state index is -0.216. The molecule has 1 aliphatic rings. The number of amides is 1. The largest absolute Gasteiger partial charge is 0.499 e. The molecule has 7 heteroatoms. The third kappa shape index (κ3) is 6.81. The van der Waals surface area contributed by atoms with E-state index in [0.29, 0.717) is 0 Å². The van der Waals surface area contributed by atoms with Gasteiger partial charge in [0.05, 0.1) is 13.2 Å². The predicted molar refractivity (Wildman–Crippen MR) is 123 cm³/mol. The molecule has 2 heterocycles. The summed E-state index contributed by atoms with van der Waals surface area (Å²) in [7, 11) is 0. The van der Waals surface area contributed by atoms with Gasteiger partial charge in [-0.1, -0.05) is 35.6 Å². The molecular weight excluding hydrogens is 398 g/mol. The van der Waals surface area contributed by atoms with Gasteiger partial charge in [-0.05, 0) is 48.2 Å². The van der Waals surface area contributed by atoms with Crippen LogP contribution in [-0.4, -0.2) is 48.9 Å². The Labute approximate surface area is 180 Å². The van der Waals surface area contributed by atoms with Gasteiger partial charge in [0.25, 0.3) is 0 Å². The number of hydrogen-bond donors (Lipinski definition) is 2. The Morgan fingerprint density at radius 2 is 1.97 bits per heavy atom. The molecule has 1 aromatic heterocycles. The Bertz CT molecular complexity index is 939. The number of aliphatic imine (C=N–C) groups is 1. The van der Waals surface area contributed by atoms with Crippen LogP contribution < -0.4 is 5.32 Å². The quantitative estimate of drug-likeness (QED) is 0.381. The van der Waals surface area contributed by atoms with Crippen molar-refractivity contribution in [3.63, 3.8) is 0 Å². The molecule has 1 aromatic carbocycles. The Morgan fingerprint density at radius 1 is 1.20 bits per heavy atom.